The number of hydrogen-bond acceptors (Lipinski definition) is 3. The van der Waals surface area contributed by atoms with Gasteiger partial charge in [0.1, 0.15) is 5.69 Å². The highest BCUT2D eigenvalue weighted by molar-refractivity contribution is 9.10. The molecule has 0 aliphatic heterocycles. The molecule has 0 atom stereocenters. The molecule has 2 rings (SSSR count). The Hall–Kier alpha value is -0.810. The van der Waals surface area contributed by atoms with Gasteiger partial charge >= 0.3 is 0 Å². The average molecular weight is 284 g/mol. The van der Waals surface area contributed by atoms with Crippen LogP contribution in [0.3, 0.4) is 0 Å². The van der Waals surface area contributed by atoms with Crippen molar-refractivity contribution in [2.75, 3.05) is 5.75 Å². The summed E-state index contributed by atoms with van der Waals surface area (Å²) in [6, 6.07) is 2.07. The third-order valence-corrected chi connectivity index (χ3v) is 3.19. The van der Waals surface area contributed by atoms with Crippen LogP contribution >= 0.6 is 27.7 Å². The highest BCUT2D eigenvalue weighted by atomic mass is 79.9. The zero-order valence-electron chi connectivity index (χ0n) is 8.20. The Morgan fingerprint density at radius 1 is 1.47 bits per heavy atom. The number of halogens is 1. The van der Waals surface area contributed by atoms with Crippen molar-refractivity contribution in [3.63, 3.8) is 0 Å². The molecule has 2 aromatic heterocycles. The number of nitrogens with zero attached hydrogens (tertiary/aromatic N) is 2. The van der Waals surface area contributed by atoms with Crippen molar-refractivity contribution >= 4 is 27.7 Å². The molecule has 2 aromatic rings. The summed E-state index contributed by atoms with van der Waals surface area (Å²) in [6.07, 6.45) is 5.33. The first-order chi connectivity index (χ1) is 7.31. The molecule has 0 aliphatic carbocycles. The normalized spacial score (nSPS) is 10.5. The molecule has 0 saturated carbocycles. The minimum atomic E-state index is 0.818. The summed E-state index contributed by atoms with van der Waals surface area (Å²) < 4.78 is 0.994. The predicted octanol–water partition coefficient (Wildman–Crippen LogP) is 3.35. The van der Waals surface area contributed by atoms with Crippen molar-refractivity contribution in [3.8, 4) is 11.5 Å². The lowest BCUT2D eigenvalue weighted by molar-refractivity contribution is 1.16. The zero-order valence-corrected chi connectivity index (χ0v) is 10.6. The summed E-state index contributed by atoms with van der Waals surface area (Å²) in [4.78, 5) is 12.8. The maximum absolute atomic E-state index is 4.38. The van der Waals surface area contributed by atoms with Crippen molar-refractivity contribution in [2.45, 2.75) is 11.8 Å². The smallest absolute Gasteiger partial charge is 0.157 e. The summed E-state index contributed by atoms with van der Waals surface area (Å²) in [6.45, 7) is 2.12. The van der Waals surface area contributed by atoms with Crippen molar-refractivity contribution in [3.05, 3.63) is 29.1 Å². The number of nitrogens with one attached hydrogen (secondary N) is 1. The van der Waals surface area contributed by atoms with E-state index in [-0.39, 0.29) is 0 Å². The molecule has 3 nitrogen and oxygen atoms in total. The van der Waals surface area contributed by atoms with Gasteiger partial charge in [-0.2, -0.15) is 0 Å². The lowest BCUT2D eigenvalue weighted by Crippen LogP contribution is -1.89. The average Bonchev–Trinajstić information content (AvgIpc) is 2.71. The Labute approximate surface area is 101 Å². The monoisotopic (exact) mass is 283 g/mol. The van der Waals surface area contributed by atoms with Crippen molar-refractivity contribution in [1.82, 2.24) is 15.0 Å². The number of hydrogen-bond donors (Lipinski definition) is 1. The van der Waals surface area contributed by atoms with E-state index in [4.69, 9.17) is 0 Å². The molecule has 0 aromatic carbocycles. The lowest BCUT2D eigenvalue weighted by atomic mass is 10.3. The summed E-state index contributed by atoms with van der Waals surface area (Å²) in [7, 11) is 0. The van der Waals surface area contributed by atoms with Crippen LogP contribution in [-0.4, -0.2) is 20.7 Å². The second kappa shape index (κ2) is 4.81. The fourth-order valence-corrected chi connectivity index (χ4v) is 2.55. The quantitative estimate of drug-likeness (QED) is 0.879. The summed E-state index contributed by atoms with van der Waals surface area (Å²) in [5, 5.41) is 0. The molecule has 0 radical (unpaired) electrons. The van der Waals surface area contributed by atoms with Gasteiger partial charge in [-0.25, -0.2) is 4.98 Å². The van der Waals surface area contributed by atoms with E-state index in [1.807, 2.05) is 0 Å². The molecule has 2 heterocycles. The Morgan fingerprint density at radius 3 is 3.00 bits per heavy atom. The number of aromatic nitrogens is 3. The largest absolute Gasteiger partial charge is 0.343 e. The number of thioether (sulfide) groups is 1. The zero-order chi connectivity index (χ0) is 10.7. The van der Waals surface area contributed by atoms with Crippen LogP contribution in [-0.2, 0) is 0 Å². The molecular weight excluding hydrogens is 274 g/mol. The van der Waals surface area contributed by atoms with E-state index in [0.29, 0.717) is 0 Å². The number of imidazole rings is 1. The van der Waals surface area contributed by atoms with E-state index >= 15 is 0 Å². The number of pyridine rings is 1. The van der Waals surface area contributed by atoms with Gasteiger partial charge in [0.2, 0.25) is 0 Å². The standard InChI is InChI=1S/C10H10BrN3S/c1-2-15-8-5-7(11)6-14-9(8)10-12-3-4-13-10/h3-6H,2H2,1H3,(H,12,13). The van der Waals surface area contributed by atoms with E-state index < -0.39 is 0 Å². The molecule has 0 amide bonds. The molecule has 15 heavy (non-hydrogen) atoms. The van der Waals surface area contributed by atoms with Gasteiger partial charge in [-0.15, -0.1) is 11.8 Å². The number of H-pyrrole nitrogens is 1. The van der Waals surface area contributed by atoms with E-state index in [0.717, 1.165) is 26.6 Å². The van der Waals surface area contributed by atoms with E-state index in [2.05, 4.69) is 43.9 Å². The number of rotatable bonds is 3. The lowest BCUT2D eigenvalue weighted by Gasteiger charge is -2.05. The van der Waals surface area contributed by atoms with Crippen LogP contribution in [0, 0.1) is 0 Å². The van der Waals surface area contributed by atoms with Gasteiger partial charge in [-0.1, -0.05) is 6.92 Å². The summed E-state index contributed by atoms with van der Waals surface area (Å²) in [5.74, 6) is 1.84. The maximum Gasteiger partial charge on any atom is 0.157 e. The molecule has 0 bridgehead atoms. The Kier molecular flexibility index (Phi) is 3.43. The van der Waals surface area contributed by atoms with Gasteiger partial charge in [0.15, 0.2) is 5.82 Å². The first-order valence-corrected chi connectivity index (χ1v) is 6.37. The Morgan fingerprint density at radius 2 is 2.33 bits per heavy atom. The minimum absolute atomic E-state index is 0.818. The van der Waals surface area contributed by atoms with Gasteiger partial charge in [-0.3, -0.25) is 4.98 Å². The van der Waals surface area contributed by atoms with Crippen LogP contribution in [0.2, 0.25) is 0 Å². The number of aromatic amines is 1. The first-order valence-electron chi connectivity index (χ1n) is 4.59. The minimum Gasteiger partial charge on any atom is -0.343 e. The van der Waals surface area contributed by atoms with Gasteiger partial charge in [0.05, 0.1) is 0 Å². The van der Waals surface area contributed by atoms with E-state index in [1.165, 1.54) is 0 Å². The molecule has 0 unspecified atom stereocenters. The molecule has 78 valence electrons. The summed E-state index contributed by atoms with van der Waals surface area (Å²) in [5.41, 5.74) is 0.912. The Balaban J connectivity index is 2.46. The topological polar surface area (TPSA) is 41.6 Å². The van der Waals surface area contributed by atoms with Gasteiger partial charge in [0, 0.05) is 28.0 Å². The van der Waals surface area contributed by atoms with Crippen LogP contribution in [0.1, 0.15) is 6.92 Å². The van der Waals surface area contributed by atoms with Crippen molar-refractivity contribution in [2.24, 2.45) is 0 Å². The first kappa shape index (κ1) is 10.7. The van der Waals surface area contributed by atoms with Gasteiger partial charge < -0.3 is 4.98 Å². The fourth-order valence-electron chi connectivity index (χ4n) is 1.26. The molecule has 0 saturated heterocycles. The van der Waals surface area contributed by atoms with Crippen LogP contribution < -0.4 is 0 Å². The van der Waals surface area contributed by atoms with E-state index in [1.54, 1.807) is 30.4 Å². The molecule has 0 aliphatic rings. The molecule has 0 fully saturated rings. The SMILES string of the molecule is CCSc1cc(Br)cnc1-c1ncc[nH]1. The van der Waals surface area contributed by atoms with E-state index in [9.17, 15) is 0 Å². The molecular formula is C10H10BrN3S. The highest BCUT2D eigenvalue weighted by Crippen LogP contribution is 2.29. The van der Waals surface area contributed by atoms with Gasteiger partial charge in [0.25, 0.3) is 0 Å². The van der Waals surface area contributed by atoms with Crippen LogP contribution in [0.5, 0.6) is 0 Å². The fraction of sp³-hybridized carbons (Fsp3) is 0.200. The van der Waals surface area contributed by atoms with Crippen LogP contribution in [0.15, 0.2) is 34.0 Å². The van der Waals surface area contributed by atoms with Crippen molar-refractivity contribution < 1.29 is 0 Å². The maximum atomic E-state index is 4.38. The molecule has 1 N–H and O–H groups in total. The molecule has 0 spiro atoms. The van der Waals surface area contributed by atoms with Crippen molar-refractivity contribution in [1.29, 1.82) is 0 Å². The Bertz CT molecular complexity index is 442. The second-order valence-corrected chi connectivity index (χ2v) is 5.09. The third kappa shape index (κ3) is 2.41. The summed E-state index contributed by atoms with van der Waals surface area (Å²) >= 11 is 5.18. The highest BCUT2D eigenvalue weighted by Gasteiger charge is 2.09. The van der Waals surface area contributed by atoms with Gasteiger partial charge in [-0.05, 0) is 27.7 Å². The predicted molar refractivity (Wildman–Crippen MR) is 65.9 cm³/mol. The van der Waals surface area contributed by atoms with Crippen LogP contribution in [0.25, 0.3) is 11.5 Å². The van der Waals surface area contributed by atoms with Crippen LogP contribution in [0.4, 0.5) is 0 Å². The third-order valence-electron chi connectivity index (χ3n) is 1.84. The molecule has 5 heteroatoms. The second-order valence-electron chi connectivity index (χ2n) is 2.87.